The minimum absolute atomic E-state index is 0.335. The standard InChI is InChI=1S/C12H19NO3S/c14-12-7-10-1-2-11(8-12)13(10)9-3-5-17(15,16)6-4-9/h9-11H,1-8H2. The van der Waals surface area contributed by atoms with Crippen LogP contribution in [-0.4, -0.2) is 48.7 Å². The number of piperidine rings is 1. The molecule has 0 aromatic carbocycles. The molecule has 5 heteroatoms. The van der Waals surface area contributed by atoms with E-state index >= 15 is 0 Å². The SMILES string of the molecule is O=C1CC2CCC(C1)N2C1CCS(=O)(=O)CC1. The molecule has 0 saturated carbocycles. The second-order valence-electron chi connectivity index (χ2n) is 5.66. The number of carbonyl (C=O) groups excluding carboxylic acids is 1. The maximum Gasteiger partial charge on any atom is 0.150 e. The number of carbonyl (C=O) groups is 1. The fourth-order valence-electron chi connectivity index (χ4n) is 3.78. The van der Waals surface area contributed by atoms with Crippen molar-refractivity contribution < 1.29 is 13.2 Å². The Labute approximate surface area is 102 Å². The van der Waals surface area contributed by atoms with Crippen LogP contribution in [0.3, 0.4) is 0 Å². The Morgan fingerprint density at radius 3 is 1.94 bits per heavy atom. The maximum atomic E-state index is 11.5. The van der Waals surface area contributed by atoms with Gasteiger partial charge in [-0.2, -0.15) is 0 Å². The van der Waals surface area contributed by atoms with E-state index in [1.54, 1.807) is 0 Å². The Kier molecular flexibility index (Phi) is 2.78. The molecule has 0 aromatic heterocycles. The highest BCUT2D eigenvalue weighted by molar-refractivity contribution is 7.91. The normalized spacial score (nSPS) is 38.5. The lowest BCUT2D eigenvalue weighted by molar-refractivity contribution is -0.124. The van der Waals surface area contributed by atoms with E-state index in [2.05, 4.69) is 4.90 Å². The van der Waals surface area contributed by atoms with Crippen molar-refractivity contribution in [3.05, 3.63) is 0 Å². The van der Waals surface area contributed by atoms with Crippen LogP contribution < -0.4 is 0 Å². The average Bonchev–Trinajstić information content (AvgIpc) is 2.53. The summed E-state index contributed by atoms with van der Waals surface area (Å²) < 4.78 is 22.9. The molecule has 2 bridgehead atoms. The first kappa shape index (κ1) is 11.7. The van der Waals surface area contributed by atoms with E-state index in [-0.39, 0.29) is 0 Å². The zero-order valence-corrected chi connectivity index (χ0v) is 10.8. The summed E-state index contributed by atoms with van der Waals surface area (Å²) in [6, 6.07) is 1.23. The summed E-state index contributed by atoms with van der Waals surface area (Å²) in [4.78, 5) is 14.0. The third-order valence-corrected chi connectivity index (χ3v) is 6.26. The largest absolute Gasteiger partial charge is 0.300 e. The minimum Gasteiger partial charge on any atom is -0.300 e. The van der Waals surface area contributed by atoms with Crippen molar-refractivity contribution in [2.75, 3.05) is 11.5 Å². The van der Waals surface area contributed by atoms with Crippen molar-refractivity contribution in [3.63, 3.8) is 0 Å². The number of fused-ring (bicyclic) bond motifs is 2. The Morgan fingerprint density at radius 1 is 0.882 bits per heavy atom. The minimum atomic E-state index is -2.77. The summed E-state index contributed by atoms with van der Waals surface area (Å²) in [6.45, 7) is 0. The molecule has 3 aliphatic rings. The molecule has 3 saturated heterocycles. The molecule has 96 valence electrons. The number of rotatable bonds is 1. The predicted octanol–water partition coefficient (Wildman–Crippen LogP) is 0.759. The number of ketones is 1. The van der Waals surface area contributed by atoms with Gasteiger partial charge in [0.15, 0.2) is 0 Å². The molecule has 2 unspecified atom stereocenters. The highest BCUT2D eigenvalue weighted by Gasteiger charge is 2.44. The van der Waals surface area contributed by atoms with Gasteiger partial charge >= 0.3 is 0 Å². The molecule has 0 aliphatic carbocycles. The van der Waals surface area contributed by atoms with Crippen molar-refractivity contribution in [2.24, 2.45) is 0 Å². The third kappa shape index (κ3) is 2.15. The number of nitrogens with zero attached hydrogens (tertiary/aromatic N) is 1. The van der Waals surface area contributed by atoms with Crippen LogP contribution in [0.25, 0.3) is 0 Å². The first-order valence-corrected chi connectivity index (χ1v) is 8.37. The maximum absolute atomic E-state index is 11.5. The van der Waals surface area contributed by atoms with Gasteiger partial charge in [-0.3, -0.25) is 9.69 Å². The van der Waals surface area contributed by atoms with Gasteiger partial charge in [-0.25, -0.2) is 8.42 Å². The number of hydrogen-bond donors (Lipinski definition) is 0. The second kappa shape index (κ2) is 4.05. The molecule has 3 heterocycles. The first-order valence-electron chi connectivity index (χ1n) is 6.55. The van der Waals surface area contributed by atoms with Crippen molar-refractivity contribution in [1.82, 2.24) is 4.90 Å². The van der Waals surface area contributed by atoms with Gasteiger partial charge in [0.1, 0.15) is 15.6 Å². The summed E-state index contributed by atoms with van der Waals surface area (Å²) >= 11 is 0. The summed E-state index contributed by atoms with van der Waals surface area (Å²) in [7, 11) is -2.77. The van der Waals surface area contributed by atoms with Gasteiger partial charge in [-0.1, -0.05) is 0 Å². The van der Waals surface area contributed by atoms with E-state index in [0.717, 1.165) is 25.7 Å². The Hall–Kier alpha value is -0.420. The summed E-state index contributed by atoms with van der Waals surface area (Å²) in [5, 5.41) is 0. The quantitative estimate of drug-likeness (QED) is 0.696. The van der Waals surface area contributed by atoms with E-state index in [1.807, 2.05) is 0 Å². The van der Waals surface area contributed by atoms with Crippen molar-refractivity contribution in [2.45, 2.75) is 56.7 Å². The predicted molar refractivity (Wildman–Crippen MR) is 64.6 cm³/mol. The Bertz CT molecular complexity index is 401. The van der Waals surface area contributed by atoms with Gasteiger partial charge in [-0.15, -0.1) is 0 Å². The smallest absolute Gasteiger partial charge is 0.150 e. The summed E-state index contributed by atoms with van der Waals surface area (Å²) in [6.07, 6.45) is 5.17. The molecule has 17 heavy (non-hydrogen) atoms. The van der Waals surface area contributed by atoms with E-state index in [0.29, 0.717) is 48.3 Å². The topological polar surface area (TPSA) is 54.5 Å². The average molecular weight is 257 g/mol. The molecule has 0 amide bonds. The lowest BCUT2D eigenvalue weighted by Crippen LogP contribution is -2.51. The number of hydrogen-bond acceptors (Lipinski definition) is 4. The first-order chi connectivity index (χ1) is 8.05. The molecule has 4 nitrogen and oxygen atoms in total. The van der Waals surface area contributed by atoms with Crippen LogP contribution in [0, 0.1) is 0 Å². The van der Waals surface area contributed by atoms with Gasteiger partial charge in [0, 0.05) is 31.0 Å². The highest BCUT2D eigenvalue weighted by Crippen LogP contribution is 2.38. The lowest BCUT2D eigenvalue weighted by Gasteiger charge is -2.41. The van der Waals surface area contributed by atoms with Gasteiger partial charge in [0.25, 0.3) is 0 Å². The second-order valence-corrected chi connectivity index (χ2v) is 7.97. The monoisotopic (exact) mass is 257 g/mol. The summed E-state index contributed by atoms with van der Waals surface area (Å²) in [5.74, 6) is 1.07. The summed E-state index contributed by atoms with van der Waals surface area (Å²) in [5.41, 5.74) is 0. The van der Waals surface area contributed by atoms with Crippen molar-refractivity contribution in [1.29, 1.82) is 0 Å². The van der Waals surface area contributed by atoms with Gasteiger partial charge < -0.3 is 0 Å². The van der Waals surface area contributed by atoms with E-state index in [9.17, 15) is 13.2 Å². The van der Waals surface area contributed by atoms with E-state index in [1.165, 1.54) is 0 Å². The molecule has 3 rings (SSSR count). The third-order valence-electron chi connectivity index (χ3n) is 4.55. The van der Waals surface area contributed by atoms with Crippen molar-refractivity contribution >= 4 is 15.6 Å². The molecule has 3 fully saturated rings. The zero-order chi connectivity index (χ0) is 12.0. The van der Waals surface area contributed by atoms with Crippen LogP contribution in [-0.2, 0) is 14.6 Å². The molecule has 3 aliphatic heterocycles. The Morgan fingerprint density at radius 2 is 1.41 bits per heavy atom. The molecular weight excluding hydrogens is 238 g/mol. The molecular formula is C12H19NO3S. The van der Waals surface area contributed by atoms with Crippen LogP contribution in [0.4, 0.5) is 0 Å². The molecule has 0 N–H and O–H groups in total. The fraction of sp³-hybridized carbons (Fsp3) is 0.917. The molecule has 2 atom stereocenters. The van der Waals surface area contributed by atoms with Crippen LogP contribution in [0.2, 0.25) is 0 Å². The molecule has 0 radical (unpaired) electrons. The highest BCUT2D eigenvalue weighted by atomic mass is 32.2. The van der Waals surface area contributed by atoms with E-state index < -0.39 is 9.84 Å². The van der Waals surface area contributed by atoms with Crippen LogP contribution in [0.1, 0.15) is 38.5 Å². The van der Waals surface area contributed by atoms with Crippen LogP contribution in [0.5, 0.6) is 0 Å². The molecule has 0 spiro atoms. The zero-order valence-electron chi connectivity index (χ0n) is 9.97. The van der Waals surface area contributed by atoms with E-state index in [4.69, 9.17) is 0 Å². The fourth-order valence-corrected chi connectivity index (χ4v) is 5.24. The lowest BCUT2D eigenvalue weighted by atomic mass is 9.97. The van der Waals surface area contributed by atoms with Gasteiger partial charge in [0.05, 0.1) is 11.5 Å². The Balaban J connectivity index is 1.72. The van der Waals surface area contributed by atoms with Gasteiger partial charge in [0.2, 0.25) is 0 Å². The number of sulfone groups is 1. The van der Waals surface area contributed by atoms with Gasteiger partial charge in [-0.05, 0) is 25.7 Å². The van der Waals surface area contributed by atoms with Crippen LogP contribution >= 0.6 is 0 Å². The number of Topliss-reactive ketones (excluding diaryl/α,β-unsaturated/α-hetero) is 1. The molecule has 0 aromatic rings. The van der Waals surface area contributed by atoms with Crippen molar-refractivity contribution in [3.8, 4) is 0 Å². The van der Waals surface area contributed by atoms with Crippen LogP contribution in [0.15, 0.2) is 0 Å².